The number of rotatable bonds is 7. The Balaban J connectivity index is 0.00000336. The molecule has 1 aliphatic heterocycles. The van der Waals surface area contributed by atoms with E-state index in [9.17, 15) is 14.4 Å². The Morgan fingerprint density at radius 2 is 1.87 bits per heavy atom. The van der Waals surface area contributed by atoms with Crippen LogP contribution in [0.5, 0.6) is 0 Å². The second-order valence-corrected chi connectivity index (χ2v) is 11.0. The maximum Gasteiger partial charge on any atom is 0.404 e. The lowest BCUT2D eigenvalue weighted by Gasteiger charge is -2.32. The first-order valence-corrected chi connectivity index (χ1v) is 13.6. The van der Waals surface area contributed by atoms with E-state index in [2.05, 4.69) is 30.8 Å². The first kappa shape index (κ1) is 28.2. The second-order valence-electron chi connectivity index (χ2n) is 9.51. The molecule has 0 spiro atoms. The van der Waals surface area contributed by atoms with Crippen LogP contribution < -0.4 is 16.0 Å². The van der Waals surface area contributed by atoms with Crippen molar-refractivity contribution in [2.45, 2.75) is 50.7 Å². The minimum Gasteiger partial charge on any atom is -0.465 e. The van der Waals surface area contributed by atoms with Gasteiger partial charge < -0.3 is 26.0 Å². The van der Waals surface area contributed by atoms with Crippen molar-refractivity contribution < 1.29 is 19.5 Å². The molecule has 5 rings (SSSR count). The molecule has 0 saturated heterocycles. The van der Waals surface area contributed by atoms with E-state index < -0.39 is 6.09 Å². The number of nitrogens with zero attached hydrogens (tertiary/aromatic N) is 2. The van der Waals surface area contributed by atoms with Gasteiger partial charge in [0, 0.05) is 65.5 Å². The Hall–Kier alpha value is -2.86. The molecule has 204 valence electrons. The molecular formula is C25H30Cl2N6O4S. The number of amides is 3. The zero-order valence-corrected chi connectivity index (χ0v) is 23.0. The van der Waals surface area contributed by atoms with E-state index in [1.807, 2.05) is 12.1 Å². The number of hydrogen-bond donors (Lipinski definition) is 5. The number of carbonyl (C=O) groups is 3. The van der Waals surface area contributed by atoms with Gasteiger partial charge in [-0.15, -0.1) is 23.7 Å². The van der Waals surface area contributed by atoms with Crippen molar-refractivity contribution in [3.05, 3.63) is 50.6 Å². The fourth-order valence-corrected chi connectivity index (χ4v) is 6.27. The topological polar surface area (TPSA) is 139 Å². The molecule has 5 N–H and O–H groups in total. The number of carbonyl (C=O) groups excluding carboxylic acids is 2. The average molecular weight is 582 g/mol. The Morgan fingerprint density at radius 1 is 1.13 bits per heavy atom. The van der Waals surface area contributed by atoms with E-state index >= 15 is 0 Å². The molecule has 2 aliphatic rings. The van der Waals surface area contributed by atoms with Crippen molar-refractivity contribution >= 4 is 64.2 Å². The lowest BCUT2D eigenvalue weighted by Crippen LogP contribution is -2.53. The van der Waals surface area contributed by atoms with Gasteiger partial charge in [-0.1, -0.05) is 24.4 Å². The molecule has 3 heterocycles. The van der Waals surface area contributed by atoms with Crippen LogP contribution in [0.1, 0.15) is 56.5 Å². The highest BCUT2D eigenvalue weighted by atomic mass is 35.5. The van der Waals surface area contributed by atoms with Crippen LogP contribution >= 0.6 is 35.3 Å². The number of hydrogen-bond acceptors (Lipinski definition) is 6. The number of halogens is 2. The van der Waals surface area contributed by atoms with Crippen LogP contribution in [0.2, 0.25) is 5.02 Å². The molecule has 1 saturated carbocycles. The van der Waals surface area contributed by atoms with Crippen molar-refractivity contribution in [1.82, 2.24) is 30.8 Å². The molecule has 2 aromatic heterocycles. The average Bonchev–Trinajstić information content (AvgIpc) is 3.49. The lowest BCUT2D eigenvalue weighted by atomic mass is 9.90. The summed E-state index contributed by atoms with van der Waals surface area (Å²) in [6.45, 7) is 2.39. The Labute approximate surface area is 234 Å². The molecular weight excluding hydrogens is 551 g/mol. The van der Waals surface area contributed by atoms with Crippen molar-refractivity contribution in [3.8, 4) is 0 Å². The number of thiazole rings is 1. The predicted molar refractivity (Wildman–Crippen MR) is 149 cm³/mol. The van der Waals surface area contributed by atoms with E-state index in [-0.39, 0.29) is 36.3 Å². The first-order chi connectivity index (χ1) is 17.9. The molecule has 10 nitrogen and oxygen atoms in total. The summed E-state index contributed by atoms with van der Waals surface area (Å²) in [6.07, 6.45) is 3.24. The molecule has 1 aromatic carbocycles. The van der Waals surface area contributed by atoms with Crippen molar-refractivity contribution in [1.29, 1.82) is 0 Å². The number of H-pyrrole nitrogens is 1. The summed E-state index contributed by atoms with van der Waals surface area (Å²) in [5.74, 6) is -0.425. The van der Waals surface area contributed by atoms with Crippen LogP contribution in [0, 0.1) is 0 Å². The third kappa shape index (κ3) is 6.58. The maximum atomic E-state index is 13.1. The van der Waals surface area contributed by atoms with Crippen molar-refractivity contribution in [2.75, 3.05) is 19.6 Å². The van der Waals surface area contributed by atoms with Gasteiger partial charge in [-0.05, 0) is 37.1 Å². The quantitative estimate of drug-likeness (QED) is 0.288. The highest BCUT2D eigenvalue weighted by molar-refractivity contribution is 7.13. The number of carboxylic acid groups (broad SMARTS) is 1. The normalized spacial score (nSPS) is 19.3. The molecule has 3 amide bonds. The molecule has 2 unspecified atom stereocenters. The van der Waals surface area contributed by atoms with Gasteiger partial charge in [-0.25, -0.2) is 9.78 Å². The number of fused-ring (bicyclic) bond motifs is 2. The third-order valence-corrected chi connectivity index (χ3v) is 8.25. The van der Waals surface area contributed by atoms with Crippen molar-refractivity contribution in [2.24, 2.45) is 0 Å². The Kier molecular flexibility index (Phi) is 9.14. The monoisotopic (exact) mass is 580 g/mol. The van der Waals surface area contributed by atoms with Gasteiger partial charge in [0.25, 0.3) is 11.8 Å². The number of benzene rings is 1. The van der Waals surface area contributed by atoms with Gasteiger partial charge in [0.1, 0.15) is 5.69 Å². The number of nitrogens with one attached hydrogen (secondary N) is 4. The molecule has 0 bridgehead atoms. The van der Waals surface area contributed by atoms with Crippen LogP contribution in [0.3, 0.4) is 0 Å². The minimum atomic E-state index is -1.03. The summed E-state index contributed by atoms with van der Waals surface area (Å²) < 4.78 is 0. The van der Waals surface area contributed by atoms with E-state index in [1.54, 1.807) is 12.1 Å². The minimum absolute atomic E-state index is 0. The summed E-state index contributed by atoms with van der Waals surface area (Å²) in [6, 6.07) is 6.87. The van der Waals surface area contributed by atoms with Gasteiger partial charge in [0.15, 0.2) is 5.01 Å². The smallest absolute Gasteiger partial charge is 0.404 e. The highest BCUT2D eigenvalue weighted by Crippen LogP contribution is 2.26. The fourth-order valence-electron chi connectivity index (χ4n) is 5.04. The molecule has 13 heteroatoms. The fraction of sp³-hybridized carbons (Fsp3) is 0.440. The largest absolute Gasteiger partial charge is 0.465 e. The van der Waals surface area contributed by atoms with Gasteiger partial charge in [0.05, 0.1) is 5.69 Å². The number of aromatic amines is 1. The molecule has 0 radical (unpaired) electrons. The van der Waals surface area contributed by atoms with E-state index in [1.165, 1.54) is 11.3 Å². The molecule has 3 aromatic rings. The zero-order valence-electron chi connectivity index (χ0n) is 20.6. The Bertz CT molecular complexity index is 1330. The SMILES string of the molecule is Cl.O=C(O)NCCN1CCc2nc(C(=O)NC3CCCCC3NC(=O)c3cc4cc(Cl)ccc4[nH]3)sc2C1. The van der Waals surface area contributed by atoms with Crippen molar-refractivity contribution in [3.63, 3.8) is 0 Å². The second kappa shape index (κ2) is 12.3. The van der Waals surface area contributed by atoms with Gasteiger partial charge in [-0.2, -0.15) is 0 Å². The summed E-state index contributed by atoms with van der Waals surface area (Å²) in [4.78, 5) is 47.7. The van der Waals surface area contributed by atoms with E-state index in [4.69, 9.17) is 16.7 Å². The van der Waals surface area contributed by atoms with Crippen LogP contribution in [-0.4, -0.2) is 69.6 Å². The molecule has 1 aliphatic carbocycles. The third-order valence-electron chi connectivity index (χ3n) is 6.94. The van der Waals surface area contributed by atoms with Crippen LogP contribution in [0.25, 0.3) is 10.9 Å². The number of aromatic nitrogens is 2. The van der Waals surface area contributed by atoms with Crippen LogP contribution in [-0.2, 0) is 13.0 Å². The lowest BCUT2D eigenvalue weighted by molar-refractivity contribution is 0.0860. The highest BCUT2D eigenvalue weighted by Gasteiger charge is 2.30. The first-order valence-electron chi connectivity index (χ1n) is 12.4. The standard InChI is InChI=1S/C25H29ClN6O4S.ClH/c26-15-5-6-16-14(11-15)12-20(28-16)22(33)29-17-3-1-2-4-18(17)30-23(34)24-31-19-7-9-32(13-21(19)37-24)10-8-27-25(35)36;/h5-6,11-12,17-18,27-28H,1-4,7-10,13H2,(H,29,33)(H,30,34)(H,35,36);1H. The molecule has 38 heavy (non-hydrogen) atoms. The summed E-state index contributed by atoms with van der Waals surface area (Å²) in [5, 5.41) is 19.3. The molecule has 2 atom stereocenters. The van der Waals surface area contributed by atoms with Crippen LogP contribution in [0.4, 0.5) is 4.79 Å². The van der Waals surface area contributed by atoms with Gasteiger partial charge in [-0.3, -0.25) is 14.5 Å². The molecule has 1 fully saturated rings. The summed E-state index contributed by atoms with van der Waals surface area (Å²) in [5.41, 5.74) is 2.24. The van der Waals surface area contributed by atoms with Gasteiger partial charge in [0.2, 0.25) is 0 Å². The Morgan fingerprint density at radius 3 is 2.61 bits per heavy atom. The van der Waals surface area contributed by atoms with E-state index in [0.29, 0.717) is 35.4 Å². The zero-order chi connectivity index (χ0) is 25.9. The maximum absolute atomic E-state index is 13.1. The van der Waals surface area contributed by atoms with E-state index in [0.717, 1.165) is 60.1 Å². The summed E-state index contributed by atoms with van der Waals surface area (Å²) in [7, 11) is 0. The summed E-state index contributed by atoms with van der Waals surface area (Å²) >= 11 is 7.46. The van der Waals surface area contributed by atoms with Crippen LogP contribution in [0.15, 0.2) is 24.3 Å². The predicted octanol–water partition coefficient (Wildman–Crippen LogP) is 3.80. The van der Waals surface area contributed by atoms with Gasteiger partial charge >= 0.3 is 6.09 Å².